The number of pyridine rings is 1. The van der Waals surface area contributed by atoms with Crippen LogP contribution in [0.3, 0.4) is 0 Å². The second-order valence-corrected chi connectivity index (χ2v) is 6.59. The Morgan fingerprint density at radius 2 is 1.96 bits per heavy atom. The molecule has 0 spiro atoms. The summed E-state index contributed by atoms with van der Waals surface area (Å²) in [5, 5.41) is 2.62. The third-order valence-corrected chi connectivity index (χ3v) is 3.52. The number of anilines is 1. The fraction of sp³-hybridized carbons (Fsp3) is 0.333. The van der Waals surface area contributed by atoms with Gasteiger partial charge >= 0.3 is 0 Å². The van der Waals surface area contributed by atoms with Gasteiger partial charge in [-0.2, -0.15) is 0 Å². The summed E-state index contributed by atoms with van der Waals surface area (Å²) in [5.41, 5.74) is 6.54. The molecule has 1 aromatic heterocycles. The zero-order valence-electron chi connectivity index (χ0n) is 14.9. The van der Waals surface area contributed by atoms with E-state index in [0.29, 0.717) is 11.4 Å². The highest BCUT2D eigenvalue weighted by Gasteiger charge is 2.27. The van der Waals surface area contributed by atoms with E-state index in [9.17, 15) is 9.18 Å². The quantitative estimate of drug-likeness (QED) is 0.791. The fourth-order valence-electron chi connectivity index (χ4n) is 1.94. The van der Waals surface area contributed by atoms with E-state index in [1.54, 1.807) is 24.4 Å². The molecule has 1 heterocycles. The van der Waals surface area contributed by atoms with Crippen molar-refractivity contribution in [2.75, 3.05) is 5.32 Å². The molecule has 0 fully saturated rings. The van der Waals surface area contributed by atoms with Crippen molar-refractivity contribution in [3.63, 3.8) is 0 Å². The summed E-state index contributed by atoms with van der Waals surface area (Å²) in [6.07, 6.45) is 1.64. The number of hydrogen-bond donors (Lipinski definition) is 2. The summed E-state index contributed by atoms with van der Waals surface area (Å²) >= 11 is 0. The van der Waals surface area contributed by atoms with Crippen molar-refractivity contribution < 1.29 is 13.9 Å². The molecule has 1 atom stereocenters. The molecule has 144 valence electrons. The number of nitrogens with zero attached hydrogens (tertiary/aromatic N) is 1. The van der Waals surface area contributed by atoms with Crippen molar-refractivity contribution in [3.05, 3.63) is 54.1 Å². The van der Waals surface area contributed by atoms with E-state index in [4.69, 9.17) is 10.5 Å². The largest absolute Gasteiger partial charge is 0.484 e. The Morgan fingerprint density at radius 3 is 2.50 bits per heavy atom. The molecule has 0 saturated carbocycles. The minimum Gasteiger partial charge on any atom is -0.484 e. The SMILES string of the molecule is CC(C)(C)[C@H](N)C(=O)Nc1ccc(OCc2ccccn2)c(F)c1.Cl.Cl. The molecule has 0 radical (unpaired) electrons. The van der Waals surface area contributed by atoms with Crippen LogP contribution in [0.5, 0.6) is 5.75 Å². The molecule has 0 unspecified atom stereocenters. The molecule has 26 heavy (non-hydrogen) atoms. The maximum absolute atomic E-state index is 14.1. The number of halogens is 3. The molecule has 1 aromatic carbocycles. The minimum absolute atomic E-state index is 0. The van der Waals surface area contributed by atoms with Gasteiger partial charge in [-0.15, -0.1) is 24.8 Å². The number of carbonyl (C=O) groups excluding carboxylic acids is 1. The van der Waals surface area contributed by atoms with Crippen LogP contribution in [0.25, 0.3) is 0 Å². The van der Waals surface area contributed by atoms with Gasteiger partial charge in [-0.3, -0.25) is 9.78 Å². The van der Waals surface area contributed by atoms with Crippen molar-refractivity contribution in [1.29, 1.82) is 0 Å². The van der Waals surface area contributed by atoms with Crippen molar-refractivity contribution in [2.24, 2.45) is 11.1 Å². The number of carbonyl (C=O) groups is 1. The molecule has 0 aliphatic carbocycles. The van der Waals surface area contributed by atoms with E-state index in [1.807, 2.05) is 26.8 Å². The molecule has 0 aliphatic heterocycles. The second-order valence-electron chi connectivity index (χ2n) is 6.59. The van der Waals surface area contributed by atoms with Gasteiger partial charge < -0.3 is 15.8 Å². The number of benzene rings is 1. The summed E-state index contributed by atoms with van der Waals surface area (Å²) < 4.78 is 19.5. The Hall–Kier alpha value is -1.89. The van der Waals surface area contributed by atoms with Gasteiger partial charge in [0.1, 0.15) is 6.61 Å². The van der Waals surface area contributed by atoms with Gasteiger partial charge in [-0.25, -0.2) is 4.39 Å². The monoisotopic (exact) mass is 403 g/mol. The lowest BCUT2D eigenvalue weighted by molar-refractivity contribution is -0.119. The van der Waals surface area contributed by atoms with E-state index >= 15 is 0 Å². The van der Waals surface area contributed by atoms with E-state index in [-0.39, 0.29) is 48.5 Å². The third-order valence-electron chi connectivity index (χ3n) is 3.52. The maximum Gasteiger partial charge on any atom is 0.241 e. The van der Waals surface area contributed by atoms with E-state index < -0.39 is 11.9 Å². The highest BCUT2D eigenvalue weighted by molar-refractivity contribution is 5.95. The Bertz CT molecular complexity index is 709. The highest BCUT2D eigenvalue weighted by Crippen LogP contribution is 2.23. The Kier molecular flexibility index (Phi) is 9.56. The topological polar surface area (TPSA) is 77.2 Å². The zero-order valence-corrected chi connectivity index (χ0v) is 16.5. The lowest BCUT2D eigenvalue weighted by atomic mass is 9.87. The van der Waals surface area contributed by atoms with Gasteiger partial charge in [0.15, 0.2) is 11.6 Å². The molecule has 8 heteroatoms. The van der Waals surface area contributed by atoms with Crippen molar-refractivity contribution in [1.82, 2.24) is 4.98 Å². The van der Waals surface area contributed by atoms with Gasteiger partial charge in [0.05, 0.1) is 11.7 Å². The number of hydrogen-bond acceptors (Lipinski definition) is 4. The van der Waals surface area contributed by atoms with Crippen LogP contribution in [-0.2, 0) is 11.4 Å². The second kappa shape index (κ2) is 10.3. The summed E-state index contributed by atoms with van der Waals surface area (Å²) in [6.45, 7) is 5.77. The van der Waals surface area contributed by atoms with Gasteiger partial charge in [0, 0.05) is 18.0 Å². The van der Waals surface area contributed by atoms with Gasteiger partial charge in [0.25, 0.3) is 0 Å². The van der Waals surface area contributed by atoms with Crippen molar-refractivity contribution >= 4 is 36.4 Å². The zero-order chi connectivity index (χ0) is 17.7. The van der Waals surface area contributed by atoms with E-state index in [1.165, 1.54) is 12.1 Å². The first kappa shape index (κ1) is 24.1. The van der Waals surface area contributed by atoms with Crippen molar-refractivity contribution in [2.45, 2.75) is 33.4 Å². The van der Waals surface area contributed by atoms with Gasteiger partial charge in [0.2, 0.25) is 5.91 Å². The van der Waals surface area contributed by atoms with E-state index in [2.05, 4.69) is 10.3 Å². The number of amides is 1. The molecule has 0 saturated heterocycles. The predicted octanol–water partition coefficient (Wildman–Crippen LogP) is 3.96. The summed E-state index contributed by atoms with van der Waals surface area (Å²) in [5.74, 6) is -0.823. The lowest BCUT2D eigenvalue weighted by Gasteiger charge is -2.25. The first-order chi connectivity index (χ1) is 11.3. The van der Waals surface area contributed by atoms with Gasteiger partial charge in [-0.1, -0.05) is 26.8 Å². The Morgan fingerprint density at radius 1 is 1.27 bits per heavy atom. The molecule has 2 aromatic rings. The van der Waals surface area contributed by atoms with Crippen LogP contribution in [0.2, 0.25) is 0 Å². The standard InChI is InChI=1S/C18H22FN3O2.2ClH/c1-18(2,3)16(20)17(23)22-12-7-8-15(14(19)10-12)24-11-13-6-4-5-9-21-13;;/h4-10,16H,11,20H2,1-3H3,(H,22,23);2*1H/t16-;;/m1../s1. The Balaban J connectivity index is 0.00000312. The lowest BCUT2D eigenvalue weighted by Crippen LogP contribution is -2.45. The van der Waals surface area contributed by atoms with E-state index in [0.717, 1.165) is 0 Å². The normalized spacial score (nSPS) is 11.6. The maximum atomic E-state index is 14.1. The van der Waals surface area contributed by atoms with Crippen LogP contribution in [-0.4, -0.2) is 16.9 Å². The number of ether oxygens (including phenoxy) is 1. The minimum atomic E-state index is -0.694. The molecular weight excluding hydrogens is 380 g/mol. The van der Waals surface area contributed by atoms with Crippen LogP contribution in [0.1, 0.15) is 26.5 Å². The average Bonchev–Trinajstić information content (AvgIpc) is 2.53. The first-order valence-electron chi connectivity index (χ1n) is 7.66. The first-order valence-corrected chi connectivity index (χ1v) is 7.66. The van der Waals surface area contributed by atoms with Gasteiger partial charge in [-0.05, 0) is 29.7 Å². The highest BCUT2D eigenvalue weighted by atomic mass is 35.5. The average molecular weight is 404 g/mol. The predicted molar refractivity (Wildman–Crippen MR) is 106 cm³/mol. The summed E-state index contributed by atoms with van der Waals surface area (Å²) in [6, 6.07) is 8.98. The smallest absolute Gasteiger partial charge is 0.241 e. The van der Waals surface area contributed by atoms with Crippen molar-refractivity contribution in [3.8, 4) is 5.75 Å². The Labute approximate surface area is 165 Å². The molecule has 1 amide bonds. The molecule has 0 bridgehead atoms. The summed E-state index contributed by atoms with van der Waals surface area (Å²) in [4.78, 5) is 16.2. The van der Waals surface area contributed by atoms with Crippen LogP contribution >= 0.6 is 24.8 Å². The fourth-order valence-corrected chi connectivity index (χ4v) is 1.94. The van der Waals surface area contributed by atoms with Crippen LogP contribution in [0.4, 0.5) is 10.1 Å². The molecule has 0 aliphatic rings. The molecule has 2 rings (SSSR count). The third kappa shape index (κ3) is 6.78. The molecule has 3 N–H and O–H groups in total. The summed E-state index contributed by atoms with van der Waals surface area (Å²) in [7, 11) is 0. The molecular formula is C18H24Cl2FN3O2. The molecule has 5 nitrogen and oxygen atoms in total. The number of rotatable bonds is 5. The number of aromatic nitrogens is 1. The number of nitrogens with two attached hydrogens (primary N) is 1. The van der Waals surface area contributed by atoms with Crippen LogP contribution in [0.15, 0.2) is 42.6 Å². The van der Waals surface area contributed by atoms with Crippen LogP contribution in [0, 0.1) is 11.2 Å². The van der Waals surface area contributed by atoms with Crippen LogP contribution < -0.4 is 15.8 Å². The number of nitrogens with one attached hydrogen (secondary N) is 1.